The van der Waals surface area contributed by atoms with Crippen molar-refractivity contribution in [1.82, 2.24) is 0 Å². The predicted molar refractivity (Wildman–Crippen MR) is 100 cm³/mol. The largest absolute Gasteiger partial charge is 0.673 e. The molecule has 0 saturated carbocycles. The molecule has 0 saturated heterocycles. The van der Waals surface area contributed by atoms with Crippen LogP contribution in [0, 0.1) is 22.7 Å². The van der Waals surface area contributed by atoms with E-state index in [-0.39, 0.29) is 19.5 Å². The van der Waals surface area contributed by atoms with Crippen molar-refractivity contribution >= 4 is 29.0 Å². The Hall–Kier alpha value is -1.78. The van der Waals surface area contributed by atoms with Gasteiger partial charge in [-0.2, -0.15) is 10.5 Å². The summed E-state index contributed by atoms with van der Waals surface area (Å²) in [6.07, 6.45) is 14.0. The van der Waals surface area contributed by atoms with Gasteiger partial charge in [0, 0.05) is 33.3 Å². The zero-order valence-electron chi connectivity index (χ0n) is 17.7. The minimum absolute atomic E-state index is 0. The Morgan fingerprint density at radius 3 is 0.543 bits per heavy atom. The van der Waals surface area contributed by atoms with Gasteiger partial charge < -0.3 is 69.1 Å². The third-order valence-electron chi connectivity index (χ3n) is 1.33. The summed E-state index contributed by atoms with van der Waals surface area (Å²) in [5, 5.41) is 14.6. The number of hydrogen-bond acceptors (Lipinski definition) is 2. The first-order valence-corrected chi connectivity index (χ1v) is 8.24. The van der Waals surface area contributed by atoms with Crippen molar-refractivity contribution in [1.29, 1.82) is 10.5 Å². The summed E-state index contributed by atoms with van der Waals surface area (Å²) in [6, 6.07) is 3.50. The van der Waals surface area contributed by atoms with Crippen LogP contribution in [0.2, 0.25) is 0 Å². The molecule has 1 radical (unpaired) electrons. The molecule has 0 aromatic heterocycles. The van der Waals surface area contributed by atoms with Crippen LogP contribution in [0.5, 0.6) is 0 Å². The molecule has 0 N–H and O–H groups in total. The van der Waals surface area contributed by atoms with Gasteiger partial charge in [0.05, 0.1) is 12.1 Å². The molecule has 1 rings (SSSR count). The van der Waals surface area contributed by atoms with Crippen molar-refractivity contribution in [3.63, 3.8) is 0 Å². The van der Waals surface area contributed by atoms with Crippen LogP contribution in [-0.4, -0.2) is 29.0 Å². The Morgan fingerprint density at radius 1 is 0.429 bits per heavy atom. The molecule has 2 nitrogen and oxygen atoms in total. The molecule has 213 valence electrons. The average molecular weight is 640 g/mol. The van der Waals surface area contributed by atoms with E-state index in [9.17, 15) is 69.1 Å². The van der Waals surface area contributed by atoms with Gasteiger partial charge in [-0.05, 0) is 25.7 Å². The molecule has 0 aromatic carbocycles. The number of nitrogens with zero attached hydrogens (tertiary/aromatic N) is 2. The first-order chi connectivity index (χ1) is 14.8. The van der Waals surface area contributed by atoms with Gasteiger partial charge >= 0.3 is 29.0 Å². The summed E-state index contributed by atoms with van der Waals surface area (Å²) >= 11 is 0. The fourth-order valence-corrected chi connectivity index (χ4v) is 0.856. The smallest absolute Gasteiger partial charge is 0.418 e. The first kappa shape index (κ1) is 50.2. The average Bonchev–Trinajstić information content (AvgIpc) is 2.40. The Bertz CT molecular complexity index is 452. The van der Waals surface area contributed by atoms with Crippen LogP contribution in [-0.2, 0) is 19.5 Å². The Balaban J connectivity index is -0.0000000535. The van der Waals surface area contributed by atoms with Crippen molar-refractivity contribution in [3.8, 4) is 12.1 Å². The number of halogens is 16. The van der Waals surface area contributed by atoms with E-state index in [1.54, 1.807) is 12.1 Å². The van der Waals surface area contributed by atoms with Gasteiger partial charge in [0.25, 0.3) is 0 Å². The first-order valence-electron chi connectivity index (χ1n) is 8.24. The monoisotopic (exact) mass is 641 g/mol. The normalized spacial score (nSPS) is 12.8. The molecule has 0 bridgehead atoms. The molecule has 0 aliphatic heterocycles. The second kappa shape index (κ2) is 30.3. The molecule has 1 aliphatic carbocycles. The van der Waals surface area contributed by atoms with Crippen molar-refractivity contribution < 1.29 is 88.5 Å². The molecule has 23 heteroatoms. The molecular weight excluding hydrogens is 622 g/mol. The number of nitriles is 2. The van der Waals surface area contributed by atoms with E-state index in [1.165, 1.54) is 39.5 Å². The molecule has 0 amide bonds. The van der Waals surface area contributed by atoms with Crippen molar-refractivity contribution in [2.45, 2.75) is 39.5 Å². The van der Waals surface area contributed by atoms with Crippen molar-refractivity contribution in [2.75, 3.05) is 0 Å². The molecule has 0 spiro atoms. The summed E-state index contributed by atoms with van der Waals surface area (Å²) in [4.78, 5) is 0. The van der Waals surface area contributed by atoms with Crippen LogP contribution in [0.15, 0.2) is 24.3 Å². The van der Waals surface area contributed by atoms with Gasteiger partial charge in [0.15, 0.2) is 0 Å². The van der Waals surface area contributed by atoms with Gasteiger partial charge in [0.1, 0.15) is 0 Å². The van der Waals surface area contributed by atoms with Crippen molar-refractivity contribution in [3.05, 3.63) is 24.3 Å². The number of hydrogen-bond donors (Lipinski definition) is 0. The van der Waals surface area contributed by atoms with E-state index >= 15 is 0 Å². The van der Waals surface area contributed by atoms with Gasteiger partial charge in [-0.3, -0.25) is 0 Å². The molecule has 0 aromatic rings. The molecular formula is C12H18B4F16N2Rh-4. The van der Waals surface area contributed by atoms with E-state index in [0.717, 1.165) is 0 Å². The van der Waals surface area contributed by atoms with Crippen LogP contribution in [0.1, 0.15) is 39.5 Å². The number of rotatable bonds is 0. The Labute approximate surface area is 204 Å². The van der Waals surface area contributed by atoms with Crippen molar-refractivity contribution in [2.24, 2.45) is 0 Å². The zero-order chi connectivity index (χ0) is 29.1. The number of allylic oxidation sites excluding steroid dienone is 4. The van der Waals surface area contributed by atoms with Crippen LogP contribution in [0.25, 0.3) is 0 Å². The maximum absolute atomic E-state index is 9.75. The van der Waals surface area contributed by atoms with E-state index in [1.807, 2.05) is 0 Å². The maximum atomic E-state index is 9.75. The van der Waals surface area contributed by atoms with Crippen LogP contribution >= 0.6 is 0 Å². The Morgan fingerprint density at radius 2 is 0.486 bits per heavy atom. The Kier molecular flexibility index (Phi) is 43.4. The zero-order valence-corrected chi connectivity index (χ0v) is 19.4. The molecule has 1 aliphatic rings. The SMILES string of the molecule is C1=CCC/C=C\CC1.CC#N.CC#N.F[B-](F)(F)F.F[B-](F)(F)F.F[B-](F)(F)F.F[B-](F)(F)F.[Rh]. The molecule has 0 unspecified atom stereocenters. The van der Waals surface area contributed by atoms with Crippen LogP contribution in [0.4, 0.5) is 69.1 Å². The van der Waals surface area contributed by atoms with E-state index in [0.29, 0.717) is 0 Å². The quantitative estimate of drug-likeness (QED) is 0.151. The summed E-state index contributed by atoms with van der Waals surface area (Å²) in [7, 11) is -24.0. The molecule has 0 fully saturated rings. The third kappa shape index (κ3) is 760. The second-order valence-corrected chi connectivity index (χ2v) is 4.52. The van der Waals surface area contributed by atoms with Gasteiger partial charge in [-0.15, -0.1) is 0 Å². The minimum Gasteiger partial charge on any atom is -0.418 e. The second-order valence-electron chi connectivity index (χ2n) is 4.52. The topological polar surface area (TPSA) is 47.6 Å². The van der Waals surface area contributed by atoms with Crippen LogP contribution < -0.4 is 0 Å². The third-order valence-corrected chi connectivity index (χ3v) is 1.33. The van der Waals surface area contributed by atoms with E-state index < -0.39 is 29.0 Å². The molecule has 0 atom stereocenters. The van der Waals surface area contributed by atoms with Gasteiger partial charge in [-0.1, -0.05) is 24.3 Å². The fraction of sp³-hybridized carbons (Fsp3) is 0.500. The summed E-state index contributed by atoms with van der Waals surface area (Å²) in [6.45, 7) is 2.86. The standard InChI is InChI=1S/C8H12.2C2H3N.4BF4.Rh/c1-2-4-6-8-7-5-3-1;2*1-2-3;4*2-1(3,4)5;/h1-2,7-8H,3-6H2;2*1H3;;;;;/q;;;4*-1;/b2-1-,8-7?;;;;;;;. The van der Waals surface area contributed by atoms with Crippen LogP contribution in [0.3, 0.4) is 0 Å². The predicted octanol–water partition coefficient (Wildman–Crippen LogP) is 8.93. The molecule has 0 heterocycles. The van der Waals surface area contributed by atoms with E-state index in [4.69, 9.17) is 10.5 Å². The van der Waals surface area contributed by atoms with Gasteiger partial charge in [0.2, 0.25) is 0 Å². The van der Waals surface area contributed by atoms with Gasteiger partial charge in [-0.25, -0.2) is 0 Å². The minimum atomic E-state index is -6.00. The summed E-state index contributed by atoms with van der Waals surface area (Å²) in [5.74, 6) is 0. The summed E-state index contributed by atoms with van der Waals surface area (Å²) < 4.78 is 156. The maximum Gasteiger partial charge on any atom is 0.673 e. The fourth-order valence-electron chi connectivity index (χ4n) is 0.856. The summed E-state index contributed by atoms with van der Waals surface area (Å²) in [5.41, 5.74) is 0. The molecule has 35 heavy (non-hydrogen) atoms. The van der Waals surface area contributed by atoms with E-state index in [2.05, 4.69) is 24.3 Å².